The fourth-order valence-corrected chi connectivity index (χ4v) is 2.98. The average molecular weight is 373 g/mol. The van der Waals surface area contributed by atoms with E-state index in [0.29, 0.717) is 6.42 Å². The number of aliphatic hydroxyl groups excluding tert-OH is 1. The lowest BCUT2D eigenvalue weighted by Crippen LogP contribution is -2.23. The Hall–Kier alpha value is -1.24. The van der Waals surface area contributed by atoms with E-state index < -0.39 is 20.5 Å². The Labute approximate surface area is 149 Å². The molecular formula is C17H28NO6P. The van der Waals surface area contributed by atoms with Gasteiger partial charge in [-0.25, -0.2) is 10.0 Å². The topological polar surface area (TPSA) is 94.1 Å². The second-order valence-corrected chi connectivity index (χ2v) is 7.15. The predicted octanol–water partition coefficient (Wildman–Crippen LogP) is 3.73. The van der Waals surface area contributed by atoms with Crippen molar-refractivity contribution in [3.05, 3.63) is 35.9 Å². The number of phosphoric ester groups is 1. The minimum Gasteiger partial charge on any atom is -0.370 e. The fraction of sp³-hybridized carbons (Fsp3) is 0.588. The molecule has 25 heavy (non-hydrogen) atoms. The number of hydrogen-bond donors (Lipinski definition) is 2. The number of unbranched alkanes of at least 4 members (excludes halogenated alkanes) is 4. The average Bonchev–Trinajstić information content (AvgIpc) is 2.61. The van der Waals surface area contributed by atoms with E-state index in [9.17, 15) is 9.36 Å². The van der Waals surface area contributed by atoms with Gasteiger partial charge in [-0.3, -0.25) is 13.8 Å². The van der Waals surface area contributed by atoms with E-state index in [1.807, 2.05) is 30.3 Å². The third kappa shape index (κ3) is 10.4. The third-order valence-corrected chi connectivity index (χ3v) is 4.72. The van der Waals surface area contributed by atoms with Gasteiger partial charge in [-0.15, -0.1) is 0 Å². The van der Waals surface area contributed by atoms with Crippen molar-refractivity contribution >= 4 is 13.7 Å². The molecule has 1 rings (SSSR count). The van der Waals surface area contributed by atoms with Crippen LogP contribution in [0.2, 0.25) is 0 Å². The van der Waals surface area contributed by atoms with Gasteiger partial charge in [0.25, 0.3) is 0 Å². The van der Waals surface area contributed by atoms with Crippen molar-refractivity contribution in [2.24, 2.45) is 0 Å². The van der Waals surface area contributed by atoms with Crippen LogP contribution in [0.15, 0.2) is 30.3 Å². The van der Waals surface area contributed by atoms with E-state index in [1.165, 1.54) is 0 Å². The zero-order valence-electron chi connectivity index (χ0n) is 14.7. The number of benzene rings is 1. The van der Waals surface area contributed by atoms with Crippen molar-refractivity contribution in [2.45, 2.75) is 51.9 Å². The van der Waals surface area contributed by atoms with E-state index in [2.05, 4.69) is 16.9 Å². The summed E-state index contributed by atoms with van der Waals surface area (Å²) in [4.78, 5) is 11.7. The third-order valence-electron chi connectivity index (χ3n) is 3.48. The maximum Gasteiger partial charge on any atom is 0.498 e. The van der Waals surface area contributed by atoms with Crippen LogP contribution in [-0.2, 0) is 29.5 Å². The lowest BCUT2D eigenvalue weighted by atomic mass is 10.1. The van der Waals surface area contributed by atoms with Gasteiger partial charge in [-0.05, 0) is 18.4 Å². The van der Waals surface area contributed by atoms with Crippen LogP contribution in [0.25, 0.3) is 0 Å². The van der Waals surface area contributed by atoms with Crippen LogP contribution in [-0.4, -0.2) is 24.4 Å². The highest BCUT2D eigenvalue weighted by molar-refractivity contribution is 7.48. The number of hydroxylamine groups is 1. The van der Waals surface area contributed by atoms with Gasteiger partial charge in [-0.1, -0.05) is 62.9 Å². The number of carbonyl (C=O) groups is 1. The minimum absolute atomic E-state index is 0.0637. The summed E-state index contributed by atoms with van der Waals surface area (Å²) in [5.74, 6) is -0.398. The summed E-state index contributed by atoms with van der Waals surface area (Å²) in [5.41, 5.74) is 3.08. The molecule has 0 radical (unpaired) electrons. The summed E-state index contributed by atoms with van der Waals surface area (Å²) in [6, 6.07) is 9.47. The Kier molecular flexibility index (Phi) is 11.4. The molecule has 1 aromatic rings. The van der Waals surface area contributed by atoms with Crippen LogP contribution in [0.3, 0.4) is 0 Å². The molecule has 0 aliphatic carbocycles. The van der Waals surface area contributed by atoms with E-state index in [4.69, 9.17) is 14.3 Å². The lowest BCUT2D eigenvalue weighted by Gasteiger charge is -2.16. The van der Waals surface area contributed by atoms with Crippen molar-refractivity contribution in [1.29, 1.82) is 0 Å². The van der Waals surface area contributed by atoms with Gasteiger partial charge < -0.3 is 5.11 Å². The smallest absolute Gasteiger partial charge is 0.370 e. The highest BCUT2D eigenvalue weighted by Gasteiger charge is 2.28. The van der Waals surface area contributed by atoms with Gasteiger partial charge in [0.05, 0.1) is 6.61 Å². The van der Waals surface area contributed by atoms with E-state index >= 15 is 0 Å². The minimum atomic E-state index is -4.04. The Balaban J connectivity index is 2.30. The SMILES string of the molecule is CCCCCCCC(=O)NOP(=O)(OCO)OCCc1ccccc1. The van der Waals surface area contributed by atoms with Crippen LogP contribution in [0.1, 0.15) is 51.0 Å². The fourth-order valence-electron chi connectivity index (χ4n) is 2.13. The molecule has 1 atom stereocenters. The van der Waals surface area contributed by atoms with Crippen LogP contribution in [0, 0.1) is 0 Å². The molecule has 1 aromatic carbocycles. The summed E-state index contributed by atoms with van der Waals surface area (Å²) in [7, 11) is -4.04. The first-order valence-electron chi connectivity index (χ1n) is 8.61. The molecule has 0 aliphatic heterocycles. The number of rotatable bonds is 14. The molecule has 0 fully saturated rings. The van der Waals surface area contributed by atoms with Gasteiger partial charge in [0, 0.05) is 6.42 Å². The Morgan fingerprint density at radius 2 is 1.84 bits per heavy atom. The molecule has 0 heterocycles. The molecule has 0 saturated heterocycles. The highest BCUT2D eigenvalue weighted by Crippen LogP contribution is 2.48. The largest absolute Gasteiger partial charge is 0.498 e. The number of phosphoric acid groups is 1. The Morgan fingerprint density at radius 1 is 1.12 bits per heavy atom. The molecule has 142 valence electrons. The van der Waals surface area contributed by atoms with Gasteiger partial charge in [0.2, 0.25) is 5.91 Å². The second kappa shape index (κ2) is 13.0. The summed E-state index contributed by atoms with van der Waals surface area (Å²) in [6.07, 6.45) is 5.82. The second-order valence-electron chi connectivity index (χ2n) is 5.55. The van der Waals surface area contributed by atoms with Crippen molar-refractivity contribution in [2.75, 3.05) is 13.4 Å². The number of aliphatic hydroxyl groups is 1. The maximum atomic E-state index is 12.3. The molecule has 0 aliphatic rings. The zero-order chi connectivity index (χ0) is 18.4. The van der Waals surface area contributed by atoms with Crippen LogP contribution < -0.4 is 5.48 Å². The molecule has 0 saturated carbocycles. The number of nitrogens with one attached hydrogen (secondary N) is 1. The van der Waals surface area contributed by atoms with Gasteiger partial charge in [0.15, 0.2) is 6.79 Å². The lowest BCUT2D eigenvalue weighted by molar-refractivity contribution is -0.129. The molecule has 2 N–H and O–H groups in total. The van der Waals surface area contributed by atoms with Gasteiger partial charge >= 0.3 is 7.82 Å². The molecule has 1 amide bonds. The first-order chi connectivity index (χ1) is 12.1. The van der Waals surface area contributed by atoms with Crippen LogP contribution in [0.5, 0.6) is 0 Å². The summed E-state index contributed by atoms with van der Waals surface area (Å²) in [6.45, 7) is 1.35. The monoisotopic (exact) mass is 373 g/mol. The predicted molar refractivity (Wildman–Crippen MR) is 94.5 cm³/mol. The molecule has 0 bridgehead atoms. The molecular weight excluding hydrogens is 345 g/mol. The Bertz CT molecular complexity index is 525. The van der Waals surface area contributed by atoms with Gasteiger partial charge in [0.1, 0.15) is 0 Å². The van der Waals surface area contributed by atoms with E-state index in [0.717, 1.165) is 37.7 Å². The van der Waals surface area contributed by atoms with E-state index in [-0.39, 0.29) is 13.0 Å². The molecule has 0 spiro atoms. The van der Waals surface area contributed by atoms with E-state index in [1.54, 1.807) is 0 Å². The molecule has 0 aromatic heterocycles. The van der Waals surface area contributed by atoms with Crippen molar-refractivity contribution < 1.29 is 28.1 Å². The zero-order valence-corrected chi connectivity index (χ0v) is 15.6. The molecule has 7 nitrogen and oxygen atoms in total. The number of hydrogen-bond acceptors (Lipinski definition) is 6. The van der Waals surface area contributed by atoms with Gasteiger partial charge in [-0.2, -0.15) is 4.62 Å². The Morgan fingerprint density at radius 3 is 2.52 bits per heavy atom. The summed E-state index contributed by atoms with van der Waals surface area (Å²) in [5, 5.41) is 8.84. The quantitative estimate of drug-likeness (QED) is 0.223. The first-order valence-corrected chi connectivity index (χ1v) is 10.1. The first kappa shape index (κ1) is 21.8. The summed E-state index contributed by atoms with van der Waals surface area (Å²) < 4.78 is 26.8. The highest BCUT2D eigenvalue weighted by atomic mass is 31.2. The van der Waals surface area contributed by atoms with Crippen LogP contribution >= 0.6 is 7.82 Å². The number of carbonyl (C=O) groups excluding carboxylic acids is 1. The number of amides is 1. The van der Waals surface area contributed by atoms with Crippen molar-refractivity contribution in [3.63, 3.8) is 0 Å². The maximum absolute atomic E-state index is 12.3. The summed E-state index contributed by atoms with van der Waals surface area (Å²) >= 11 is 0. The molecule has 1 unspecified atom stereocenters. The standard InChI is InChI=1S/C17H28NO6P/c1-2-3-4-5-9-12-17(20)18-24-25(21,23-15-19)22-14-13-16-10-7-6-8-11-16/h6-8,10-11,19H,2-5,9,12-15H2,1H3,(H,18,20). The normalized spacial score (nSPS) is 13.4. The van der Waals surface area contributed by atoms with Crippen LogP contribution in [0.4, 0.5) is 0 Å². The van der Waals surface area contributed by atoms with Crippen molar-refractivity contribution in [1.82, 2.24) is 5.48 Å². The van der Waals surface area contributed by atoms with Crippen molar-refractivity contribution in [3.8, 4) is 0 Å². The molecule has 8 heteroatoms.